The minimum absolute atomic E-state index is 0.341. The number of amides is 1. The summed E-state index contributed by atoms with van der Waals surface area (Å²) in [6, 6.07) is 30.2. The van der Waals surface area contributed by atoms with Gasteiger partial charge in [-0.25, -0.2) is 10.2 Å². The van der Waals surface area contributed by atoms with Crippen LogP contribution in [0, 0.1) is 0 Å². The average molecular weight is 495 g/mol. The molecule has 4 rings (SSSR count). The molecule has 0 radical (unpaired) electrons. The van der Waals surface area contributed by atoms with Gasteiger partial charge in [0.05, 0.1) is 18.4 Å². The molecule has 0 spiro atoms. The highest BCUT2D eigenvalue weighted by molar-refractivity contribution is 5.95. The highest BCUT2D eigenvalue weighted by atomic mass is 16.5. The maximum atomic E-state index is 12.4. The van der Waals surface area contributed by atoms with E-state index in [9.17, 15) is 9.59 Å². The zero-order valence-corrected chi connectivity index (χ0v) is 20.3. The number of ether oxygens (including phenoxy) is 3. The number of hydrogen-bond donors (Lipinski definition) is 1. The molecule has 4 aromatic carbocycles. The van der Waals surface area contributed by atoms with Crippen molar-refractivity contribution >= 4 is 18.1 Å². The molecular weight excluding hydrogens is 468 g/mol. The van der Waals surface area contributed by atoms with Gasteiger partial charge in [0.15, 0.2) is 0 Å². The number of nitrogens with one attached hydrogen (secondary N) is 1. The molecule has 0 aliphatic carbocycles. The number of rotatable bonds is 10. The average Bonchev–Trinajstić information content (AvgIpc) is 2.94. The lowest BCUT2D eigenvalue weighted by molar-refractivity contribution is 0.0734. The van der Waals surface area contributed by atoms with Crippen LogP contribution in [0.3, 0.4) is 0 Å². The predicted molar refractivity (Wildman–Crippen MR) is 141 cm³/mol. The Balaban J connectivity index is 1.24. The van der Waals surface area contributed by atoms with Gasteiger partial charge in [0.2, 0.25) is 0 Å². The van der Waals surface area contributed by atoms with E-state index in [2.05, 4.69) is 10.5 Å². The van der Waals surface area contributed by atoms with E-state index in [0.29, 0.717) is 41.6 Å². The van der Waals surface area contributed by atoms with Crippen LogP contribution in [-0.2, 0) is 6.61 Å². The van der Waals surface area contributed by atoms with Gasteiger partial charge in [-0.2, -0.15) is 5.10 Å². The molecule has 37 heavy (non-hydrogen) atoms. The van der Waals surface area contributed by atoms with Crippen molar-refractivity contribution in [3.63, 3.8) is 0 Å². The van der Waals surface area contributed by atoms with Gasteiger partial charge in [-0.05, 0) is 90.8 Å². The number of esters is 1. The van der Waals surface area contributed by atoms with Gasteiger partial charge in [-0.1, -0.05) is 30.3 Å². The molecule has 0 fully saturated rings. The van der Waals surface area contributed by atoms with Crippen LogP contribution in [0.4, 0.5) is 0 Å². The molecule has 0 aliphatic heterocycles. The second-order valence-corrected chi connectivity index (χ2v) is 7.91. The standard InChI is InChI=1S/C30H26N2O5/c1-2-35-26-18-12-25(13-19-26)30(34)37-28-14-8-22(9-15-28)20-31-32-29(33)24-10-16-27(17-11-24)36-21-23-6-4-3-5-7-23/h3-20H,2,21H2,1H3,(H,32,33)/b31-20-. The van der Waals surface area contributed by atoms with E-state index >= 15 is 0 Å². The van der Waals surface area contributed by atoms with Crippen LogP contribution in [0.2, 0.25) is 0 Å². The van der Waals surface area contributed by atoms with E-state index in [-0.39, 0.29) is 5.91 Å². The third-order valence-corrected chi connectivity index (χ3v) is 5.24. The minimum Gasteiger partial charge on any atom is -0.494 e. The van der Waals surface area contributed by atoms with E-state index < -0.39 is 5.97 Å². The number of nitrogens with zero attached hydrogens (tertiary/aromatic N) is 1. The van der Waals surface area contributed by atoms with Gasteiger partial charge in [-0.3, -0.25) is 4.79 Å². The topological polar surface area (TPSA) is 86.2 Å². The lowest BCUT2D eigenvalue weighted by Gasteiger charge is -2.07. The first-order chi connectivity index (χ1) is 18.1. The van der Waals surface area contributed by atoms with Gasteiger partial charge in [0.1, 0.15) is 23.9 Å². The number of carbonyl (C=O) groups is 2. The Morgan fingerprint density at radius 1 is 0.730 bits per heavy atom. The Morgan fingerprint density at radius 3 is 1.97 bits per heavy atom. The Hall–Kier alpha value is -4.91. The third kappa shape index (κ3) is 7.53. The fourth-order valence-electron chi connectivity index (χ4n) is 3.32. The molecule has 186 valence electrons. The number of carbonyl (C=O) groups excluding carboxylic acids is 2. The summed E-state index contributed by atoms with van der Waals surface area (Å²) in [5.74, 6) is 0.960. The van der Waals surface area contributed by atoms with Crippen molar-refractivity contribution in [3.8, 4) is 17.2 Å². The molecule has 0 atom stereocenters. The van der Waals surface area contributed by atoms with Crippen LogP contribution in [0.5, 0.6) is 17.2 Å². The van der Waals surface area contributed by atoms with Gasteiger partial charge < -0.3 is 14.2 Å². The molecule has 1 N–H and O–H groups in total. The highest BCUT2D eigenvalue weighted by Crippen LogP contribution is 2.17. The quantitative estimate of drug-likeness (QED) is 0.133. The van der Waals surface area contributed by atoms with Crippen molar-refractivity contribution in [1.29, 1.82) is 0 Å². The van der Waals surface area contributed by atoms with E-state index in [1.807, 2.05) is 37.3 Å². The normalized spacial score (nSPS) is 10.6. The summed E-state index contributed by atoms with van der Waals surface area (Å²) in [6.07, 6.45) is 1.51. The molecule has 4 aromatic rings. The monoisotopic (exact) mass is 494 g/mol. The van der Waals surface area contributed by atoms with Gasteiger partial charge >= 0.3 is 5.97 Å². The fraction of sp³-hybridized carbons (Fsp3) is 0.100. The van der Waals surface area contributed by atoms with Crippen molar-refractivity contribution in [2.24, 2.45) is 5.10 Å². The van der Waals surface area contributed by atoms with Gasteiger partial charge in [-0.15, -0.1) is 0 Å². The largest absolute Gasteiger partial charge is 0.494 e. The van der Waals surface area contributed by atoms with Crippen molar-refractivity contribution < 1.29 is 23.8 Å². The smallest absolute Gasteiger partial charge is 0.343 e. The van der Waals surface area contributed by atoms with Crippen molar-refractivity contribution in [3.05, 3.63) is 125 Å². The summed E-state index contributed by atoms with van der Waals surface area (Å²) in [5, 5.41) is 4.00. The molecule has 0 aromatic heterocycles. The summed E-state index contributed by atoms with van der Waals surface area (Å²) in [4.78, 5) is 24.7. The molecule has 0 bridgehead atoms. The molecule has 1 amide bonds. The Labute approximate surface area is 215 Å². The van der Waals surface area contributed by atoms with Crippen LogP contribution < -0.4 is 19.6 Å². The van der Waals surface area contributed by atoms with E-state index in [0.717, 1.165) is 11.1 Å². The molecule has 0 saturated heterocycles. The molecule has 0 heterocycles. The van der Waals surface area contributed by atoms with E-state index in [1.165, 1.54) is 6.21 Å². The number of hydrazone groups is 1. The van der Waals surface area contributed by atoms with Crippen molar-refractivity contribution in [1.82, 2.24) is 5.43 Å². The van der Waals surface area contributed by atoms with Crippen LogP contribution in [-0.4, -0.2) is 24.7 Å². The van der Waals surface area contributed by atoms with E-state index in [1.54, 1.807) is 72.8 Å². The van der Waals surface area contributed by atoms with Gasteiger partial charge in [0, 0.05) is 5.56 Å². The van der Waals surface area contributed by atoms with Gasteiger partial charge in [0.25, 0.3) is 5.91 Å². The first kappa shape index (κ1) is 25.2. The second-order valence-electron chi connectivity index (χ2n) is 7.91. The summed E-state index contributed by atoms with van der Waals surface area (Å²) < 4.78 is 16.5. The van der Waals surface area contributed by atoms with E-state index in [4.69, 9.17) is 14.2 Å². The molecular formula is C30H26N2O5. The van der Waals surface area contributed by atoms with Crippen molar-refractivity contribution in [2.75, 3.05) is 6.61 Å². The zero-order valence-electron chi connectivity index (χ0n) is 20.3. The number of benzene rings is 4. The fourth-order valence-corrected chi connectivity index (χ4v) is 3.32. The number of hydrogen-bond acceptors (Lipinski definition) is 6. The Morgan fingerprint density at radius 2 is 1.32 bits per heavy atom. The van der Waals surface area contributed by atoms with Crippen molar-refractivity contribution in [2.45, 2.75) is 13.5 Å². The first-order valence-corrected chi connectivity index (χ1v) is 11.8. The minimum atomic E-state index is -0.465. The summed E-state index contributed by atoms with van der Waals surface area (Å²) >= 11 is 0. The molecule has 0 saturated carbocycles. The predicted octanol–water partition coefficient (Wildman–Crippen LogP) is 5.65. The SMILES string of the molecule is CCOc1ccc(C(=O)Oc2ccc(/C=N\NC(=O)c3ccc(OCc4ccccc4)cc3)cc2)cc1. The molecule has 7 heteroatoms. The van der Waals surface area contributed by atoms with Crippen LogP contribution in [0.25, 0.3) is 0 Å². The second kappa shape index (κ2) is 12.7. The first-order valence-electron chi connectivity index (χ1n) is 11.8. The Bertz CT molecular complexity index is 1330. The maximum Gasteiger partial charge on any atom is 0.343 e. The summed E-state index contributed by atoms with van der Waals surface area (Å²) in [6.45, 7) is 2.91. The lowest BCUT2D eigenvalue weighted by Crippen LogP contribution is -2.17. The summed E-state index contributed by atoms with van der Waals surface area (Å²) in [5.41, 5.74) is 5.18. The van der Waals surface area contributed by atoms with Crippen LogP contribution in [0.15, 0.2) is 108 Å². The molecule has 0 aliphatic rings. The molecule has 7 nitrogen and oxygen atoms in total. The lowest BCUT2D eigenvalue weighted by atomic mass is 10.2. The molecule has 0 unspecified atom stereocenters. The van der Waals surface area contributed by atoms with Crippen LogP contribution in [0.1, 0.15) is 38.8 Å². The highest BCUT2D eigenvalue weighted by Gasteiger charge is 2.09. The maximum absolute atomic E-state index is 12.4. The summed E-state index contributed by atoms with van der Waals surface area (Å²) in [7, 11) is 0. The Kier molecular flexibility index (Phi) is 8.64. The third-order valence-electron chi connectivity index (χ3n) is 5.24. The zero-order chi connectivity index (χ0) is 25.9. The van der Waals surface area contributed by atoms with Crippen LogP contribution >= 0.6 is 0 Å².